The highest BCUT2D eigenvalue weighted by Gasteiger charge is 2.26. The maximum absolute atomic E-state index is 9.59. The average molecular weight is 484 g/mol. The number of ether oxygens (including phenoxy) is 2. The third kappa shape index (κ3) is 5.96. The molecule has 3 rings (SSSR count). The molecule has 0 saturated carbocycles. The number of benzene rings is 2. The van der Waals surface area contributed by atoms with E-state index < -0.39 is 0 Å². The van der Waals surface area contributed by atoms with Crippen molar-refractivity contribution >= 4 is 23.2 Å². The van der Waals surface area contributed by atoms with E-state index in [2.05, 4.69) is 43.7 Å². The lowest BCUT2D eigenvalue weighted by molar-refractivity contribution is 0.305. The Morgan fingerprint density at radius 2 is 1.70 bits per heavy atom. The highest BCUT2D eigenvalue weighted by molar-refractivity contribution is 6.32. The molecule has 0 aliphatic carbocycles. The van der Waals surface area contributed by atoms with Gasteiger partial charge in [-0.2, -0.15) is 5.26 Å². The van der Waals surface area contributed by atoms with Gasteiger partial charge in [0.2, 0.25) is 0 Å². The van der Waals surface area contributed by atoms with Crippen molar-refractivity contribution < 1.29 is 9.47 Å². The third-order valence-corrected chi connectivity index (χ3v) is 5.87. The van der Waals surface area contributed by atoms with Gasteiger partial charge in [-0.1, -0.05) is 51.4 Å². The highest BCUT2D eigenvalue weighted by Crippen LogP contribution is 2.38. The van der Waals surface area contributed by atoms with Crippen LogP contribution in [0.15, 0.2) is 48.8 Å². The monoisotopic (exact) mass is 483 g/mol. The van der Waals surface area contributed by atoms with Gasteiger partial charge in [-0.05, 0) is 35.4 Å². The number of nitriles is 1. The summed E-state index contributed by atoms with van der Waals surface area (Å²) in [6, 6.07) is 13.8. The van der Waals surface area contributed by atoms with Crippen LogP contribution in [-0.4, -0.2) is 22.5 Å². The Bertz CT molecular complexity index is 1120. The Balaban J connectivity index is 1.75. The minimum Gasteiger partial charge on any atom is -0.489 e. The Morgan fingerprint density at radius 1 is 1.03 bits per heavy atom. The van der Waals surface area contributed by atoms with Crippen LogP contribution in [0.4, 0.5) is 0 Å². The van der Waals surface area contributed by atoms with Crippen LogP contribution < -0.4 is 9.47 Å². The van der Waals surface area contributed by atoms with Gasteiger partial charge < -0.3 is 9.47 Å². The van der Waals surface area contributed by atoms with Crippen LogP contribution in [0, 0.1) is 11.3 Å². The highest BCUT2D eigenvalue weighted by atomic mass is 35.5. The summed E-state index contributed by atoms with van der Waals surface area (Å²) in [5, 5.41) is 9.98. The topological polar surface area (TPSA) is 68.0 Å². The molecule has 0 atom stereocenters. The summed E-state index contributed by atoms with van der Waals surface area (Å²) in [6.07, 6.45) is 3.60. The molecule has 7 heteroatoms. The van der Waals surface area contributed by atoms with Crippen molar-refractivity contribution in [3.8, 4) is 17.6 Å². The van der Waals surface area contributed by atoms with E-state index >= 15 is 0 Å². The van der Waals surface area contributed by atoms with Crippen LogP contribution in [0.5, 0.6) is 11.5 Å². The number of alkyl halides is 1. The van der Waals surface area contributed by atoms with Crippen molar-refractivity contribution in [1.29, 1.82) is 5.26 Å². The molecule has 0 unspecified atom stereocenters. The number of nitrogens with zero attached hydrogens (tertiary/aromatic N) is 3. The van der Waals surface area contributed by atoms with E-state index in [0.29, 0.717) is 34.7 Å². The van der Waals surface area contributed by atoms with Crippen molar-refractivity contribution in [2.24, 2.45) is 0 Å². The van der Waals surface area contributed by atoms with Gasteiger partial charge in [0.25, 0.3) is 0 Å². The summed E-state index contributed by atoms with van der Waals surface area (Å²) < 4.78 is 11.5. The second-order valence-corrected chi connectivity index (χ2v) is 9.31. The standard InChI is InChI=1S/C26H27Cl2N3O2/c1-17(2)25-30-14-18(15-31-25)16-33-22-7-5-20(6-8-22)26(3,4)21-11-19(13-29)24(23(28)12-21)32-10-9-27/h5-8,11-12,14-15,17H,9-10,16H2,1-4H3. The fourth-order valence-electron chi connectivity index (χ4n) is 3.36. The van der Waals surface area contributed by atoms with Crippen molar-refractivity contribution in [1.82, 2.24) is 9.97 Å². The Labute approximate surface area is 205 Å². The van der Waals surface area contributed by atoms with Crippen molar-refractivity contribution in [2.75, 3.05) is 12.5 Å². The lowest BCUT2D eigenvalue weighted by atomic mass is 9.77. The lowest BCUT2D eigenvalue weighted by Crippen LogP contribution is -2.19. The van der Waals surface area contributed by atoms with E-state index in [0.717, 1.165) is 28.3 Å². The van der Waals surface area contributed by atoms with Crippen LogP contribution >= 0.6 is 23.2 Å². The number of hydrogen-bond donors (Lipinski definition) is 0. The van der Waals surface area contributed by atoms with Gasteiger partial charge in [-0.25, -0.2) is 9.97 Å². The van der Waals surface area contributed by atoms with Crippen LogP contribution in [-0.2, 0) is 12.0 Å². The van der Waals surface area contributed by atoms with Crippen LogP contribution in [0.2, 0.25) is 5.02 Å². The van der Waals surface area contributed by atoms with Gasteiger partial charge in [0, 0.05) is 29.3 Å². The van der Waals surface area contributed by atoms with Crippen molar-refractivity contribution in [3.63, 3.8) is 0 Å². The van der Waals surface area contributed by atoms with E-state index in [-0.39, 0.29) is 12.0 Å². The molecule has 0 aliphatic rings. The first-order valence-electron chi connectivity index (χ1n) is 10.7. The average Bonchev–Trinajstić information content (AvgIpc) is 2.82. The van der Waals surface area contributed by atoms with Crippen molar-refractivity contribution in [3.05, 3.63) is 81.9 Å². The molecule has 1 heterocycles. The predicted octanol–water partition coefficient (Wildman–Crippen LogP) is 6.65. The van der Waals surface area contributed by atoms with Crippen molar-refractivity contribution in [2.45, 2.75) is 45.6 Å². The van der Waals surface area contributed by atoms with E-state index in [1.54, 1.807) is 12.4 Å². The number of aromatic nitrogens is 2. The first-order valence-corrected chi connectivity index (χ1v) is 11.6. The van der Waals surface area contributed by atoms with Crippen LogP contribution in [0.1, 0.15) is 61.7 Å². The molecule has 0 radical (unpaired) electrons. The number of halogens is 2. The first-order chi connectivity index (χ1) is 15.8. The molecule has 0 spiro atoms. The molecule has 172 valence electrons. The molecule has 5 nitrogen and oxygen atoms in total. The summed E-state index contributed by atoms with van der Waals surface area (Å²) >= 11 is 12.1. The molecule has 0 fully saturated rings. The van der Waals surface area contributed by atoms with E-state index in [1.165, 1.54) is 0 Å². The molecule has 33 heavy (non-hydrogen) atoms. The summed E-state index contributed by atoms with van der Waals surface area (Å²) in [5.74, 6) is 2.56. The molecule has 3 aromatic rings. The van der Waals surface area contributed by atoms with E-state index in [9.17, 15) is 5.26 Å². The summed E-state index contributed by atoms with van der Waals surface area (Å²) in [7, 11) is 0. The van der Waals surface area contributed by atoms with Gasteiger partial charge >= 0.3 is 0 Å². The van der Waals surface area contributed by atoms with Crippen LogP contribution in [0.3, 0.4) is 0 Å². The fourth-order valence-corrected chi connectivity index (χ4v) is 3.71. The zero-order valence-corrected chi connectivity index (χ0v) is 20.7. The third-order valence-electron chi connectivity index (χ3n) is 5.43. The lowest BCUT2D eigenvalue weighted by Gasteiger charge is -2.27. The van der Waals surface area contributed by atoms with Gasteiger partial charge in [0.15, 0.2) is 5.75 Å². The summed E-state index contributed by atoms with van der Waals surface area (Å²) in [6.45, 7) is 8.98. The maximum atomic E-state index is 9.59. The number of hydrogen-bond acceptors (Lipinski definition) is 5. The normalized spacial score (nSPS) is 11.3. The minimum atomic E-state index is -0.390. The zero-order valence-electron chi connectivity index (χ0n) is 19.2. The second-order valence-electron chi connectivity index (χ2n) is 8.53. The summed E-state index contributed by atoms with van der Waals surface area (Å²) in [4.78, 5) is 8.75. The zero-order chi connectivity index (χ0) is 24.0. The summed E-state index contributed by atoms with van der Waals surface area (Å²) in [5.41, 5.74) is 2.90. The van der Waals surface area contributed by atoms with Crippen LogP contribution in [0.25, 0.3) is 0 Å². The molecule has 2 aromatic carbocycles. The molecule has 0 saturated heterocycles. The fraction of sp³-hybridized carbons (Fsp3) is 0.346. The van der Waals surface area contributed by atoms with E-state index in [1.807, 2.05) is 36.4 Å². The smallest absolute Gasteiger partial charge is 0.155 e. The molecule has 0 bridgehead atoms. The Kier molecular flexibility index (Phi) is 8.18. The largest absolute Gasteiger partial charge is 0.489 e. The van der Waals surface area contributed by atoms with Gasteiger partial charge in [-0.15, -0.1) is 11.6 Å². The Hall–Kier alpha value is -2.81. The second kappa shape index (κ2) is 10.9. The quantitative estimate of drug-likeness (QED) is 0.318. The minimum absolute atomic E-state index is 0.286. The number of rotatable bonds is 9. The van der Waals surface area contributed by atoms with Gasteiger partial charge in [0.1, 0.15) is 30.9 Å². The van der Waals surface area contributed by atoms with Gasteiger partial charge in [0.05, 0.1) is 16.5 Å². The SMILES string of the molecule is CC(C)c1ncc(COc2ccc(C(C)(C)c3cc(Cl)c(OCCCl)c(C#N)c3)cc2)cn1. The first kappa shape index (κ1) is 24.8. The predicted molar refractivity (Wildman–Crippen MR) is 131 cm³/mol. The van der Waals surface area contributed by atoms with E-state index in [4.69, 9.17) is 32.7 Å². The molecule has 0 amide bonds. The molecular weight excluding hydrogens is 457 g/mol. The molecule has 0 N–H and O–H groups in total. The molecular formula is C26H27Cl2N3O2. The Morgan fingerprint density at radius 3 is 2.27 bits per heavy atom. The van der Waals surface area contributed by atoms with Gasteiger partial charge in [-0.3, -0.25) is 0 Å². The maximum Gasteiger partial charge on any atom is 0.155 e. The molecule has 1 aromatic heterocycles. The molecule has 0 aliphatic heterocycles.